The van der Waals surface area contributed by atoms with Crippen LogP contribution in [0.4, 0.5) is 0 Å². The van der Waals surface area contributed by atoms with Gasteiger partial charge in [-0.3, -0.25) is 4.79 Å². The van der Waals surface area contributed by atoms with Gasteiger partial charge in [0.05, 0.1) is 6.61 Å². The molecule has 2 aromatic rings. The van der Waals surface area contributed by atoms with Gasteiger partial charge in [0.15, 0.2) is 0 Å². The Morgan fingerprint density at radius 3 is 2.12 bits per heavy atom. The van der Waals surface area contributed by atoms with Crippen LogP contribution in [0.3, 0.4) is 0 Å². The fourth-order valence-corrected chi connectivity index (χ4v) is 2.93. The maximum atomic E-state index is 12.1. The SMILES string of the molecule is CC(c1ccc(Cl)cc1)C(Cl)C(=O)OCCCCc1ccc(Cl)cc1. The van der Waals surface area contributed by atoms with Crippen molar-refractivity contribution in [2.75, 3.05) is 6.61 Å². The third-order valence-electron chi connectivity index (χ3n) is 4.08. The van der Waals surface area contributed by atoms with E-state index in [0.29, 0.717) is 11.6 Å². The van der Waals surface area contributed by atoms with E-state index >= 15 is 0 Å². The first kappa shape index (κ1) is 20.1. The molecular weight excluding hydrogens is 379 g/mol. The van der Waals surface area contributed by atoms with E-state index in [1.54, 1.807) is 12.1 Å². The lowest BCUT2D eigenvalue weighted by molar-refractivity contribution is -0.143. The van der Waals surface area contributed by atoms with Crippen LogP contribution in [0.15, 0.2) is 48.5 Å². The molecule has 2 atom stereocenters. The molecular formula is C20H21Cl3O2. The minimum atomic E-state index is -0.711. The molecule has 0 heterocycles. The summed E-state index contributed by atoms with van der Waals surface area (Å²) in [6.07, 6.45) is 2.67. The molecule has 5 heteroatoms. The standard InChI is InChI=1S/C20H21Cl3O2/c1-14(16-7-11-18(22)12-8-16)19(23)20(24)25-13-3-2-4-15-5-9-17(21)10-6-15/h5-12,14,19H,2-4,13H2,1H3. The number of ether oxygens (including phenoxy) is 1. The number of alkyl halides is 1. The average Bonchev–Trinajstić information content (AvgIpc) is 2.62. The molecule has 0 amide bonds. The molecule has 0 aliphatic rings. The smallest absolute Gasteiger partial charge is 0.324 e. The van der Waals surface area contributed by atoms with E-state index in [1.807, 2.05) is 43.3 Å². The first-order chi connectivity index (χ1) is 12.0. The van der Waals surface area contributed by atoms with Crippen molar-refractivity contribution in [2.24, 2.45) is 0 Å². The van der Waals surface area contributed by atoms with Gasteiger partial charge >= 0.3 is 5.97 Å². The molecule has 0 saturated heterocycles. The Hall–Kier alpha value is -1.22. The van der Waals surface area contributed by atoms with E-state index in [1.165, 1.54) is 5.56 Å². The number of carbonyl (C=O) groups is 1. The van der Waals surface area contributed by atoms with Crippen LogP contribution in [-0.2, 0) is 16.0 Å². The minimum absolute atomic E-state index is 0.138. The number of unbranched alkanes of at least 4 members (excludes halogenated alkanes) is 1. The van der Waals surface area contributed by atoms with Crippen LogP contribution in [0.2, 0.25) is 10.0 Å². The third-order valence-corrected chi connectivity index (χ3v) is 5.14. The third kappa shape index (κ3) is 6.54. The van der Waals surface area contributed by atoms with E-state index in [4.69, 9.17) is 39.5 Å². The zero-order chi connectivity index (χ0) is 18.2. The van der Waals surface area contributed by atoms with E-state index in [-0.39, 0.29) is 11.9 Å². The summed E-state index contributed by atoms with van der Waals surface area (Å²) in [4.78, 5) is 12.1. The maximum Gasteiger partial charge on any atom is 0.324 e. The van der Waals surface area contributed by atoms with Gasteiger partial charge in [-0.05, 0) is 54.7 Å². The quantitative estimate of drug-likeness (QED) is 0.297. The van der Waals surface area contributed by atoms with E-state index in [2.05, 4.69) is 0 Å². The molecule has 0 bridgehead atoms. The Morgan fingerprint density at radius 1 is 0.960 bits per heavy atom. The molecule has 0 N–H and O–H groups in total. The Labute approximate surface area is 164 Å². The number of rotatable bonds is 8. The van der Waals surface area contributed by atoms with Crippen LogP contribution < -0.4 is 0 Å². The summed E-state index contributed by atoms with van der Waals surface area (Å²) in [5, 5.41) is 0.684. The van der Waals surface area contributed by atoms with Crippen molar-refractivity contribution in [3.8, 4) is 0 Å². The molecule has 134 valence electrons. The number of halogens is 3. The summed E-state index contributed by atoms with van der Waals surface area (Å²) in [6.45, 7) is 2.28. The normalized spacial score (nSPS) is 13.3. The highest BCUT2D eigenvalue weighted by Gasteiger charge is 2.25. The topological polar surface area (TPSA) is 26.3 Å². The first-order valence-electron chi connectivity index (χ1n) is 8.28. The van der Waals surface area contributed by atoms with E-state index < -0.39 is 5.38 Å². The van der Waals surface area contributed by atoms with Gasteiger partial charge in [0.1, 0.15) is 5.38 Å². The van der Waals surface area contributed by atoms with Crippen molar-refractivity contribution in [2.45, 2.75) is 37.5 Å². The minimum Gasteiger partial charge on any atom is -0.465 e. The van der Waals surface area contributed by atoms with Crippen molar-refractivity contribution >= 4 is 40.8 Å². The van der Waals surface area contributed by atoms with Gasteiger partial charge in [-0.2, -0.15) is 0 Å². The Bertz CT molecular complexity index is 668. The van der Waals surface area contributed by atoms with Gasteiger partial charge in [-0.1, -0.05) is 54.4 Å². The van der Waals surface area contributed by atoms with E-state index in [9.17, 15) is 4.79 Å². The summed E-state index contributed by atoms with van der Waals surface area (Å²) in [5.74, 6) is -0.517. The maximum absolute atomic E-state index is 12.1. The first-order valence-corrected chi connectivity index (χ1v) is 9.47. The Balaban J connectivity index is 1.70. The fraction of sp³-hybridized carbons (Fsp3) is 0.350. The van der Waals surface area contributed by atoms with Gasteiger partial charge in [0.25, 0.3) is 0 Å². The zero-order valence-electron chi connectivity index (χ0n) is 14.1. The summed E-state index contributed by atoms with van der Waals surface area (Å²) in [6, 6.07) is 15.1. The molecule has 0 radical (unpaired) electrons. The number of hydrogen-bond acceptors (Lipinski definition) is 2. The molecule has 25 heavy (non-hydrogen) atoms. The zero-order valence-corrected chi connectivity index (χ0v) is 16.3. The molecule has 2 aromatic carbocycles. The van der Waals surface area contributed by atoms with Crippen LogP contribution in [0.1, 0.15) is 36.8 Å². The number of hydrogen-bond donors (Lipinski definition) is 0. The average molecular weight is 400 g/mol. The number of benzene rings is 2. The largest absolute Gasteiger partial charge is 0.465 e. The van der Waals surface area contributed by atoms with Crippen molar-refractivity contribution in [1.82, 2.24) is 0 Å². The van der Waals surface area contributed by atoms with Crippen LogP contribution >= 0.6 is 34.8 Å². The molecule has 2 nitrogen and oxygen atoms in total. The van der Waals surface area contributed by atoms with Crippen LogP contribution in [0.5, 0.6) is 0 Å². The Kier molecular flexibility index (Phi) is 8.08. The number of aryl methyl sites for hydroxylation is 1. The molecule has 0 saturated carbocycles. The lowest BCUT2D eigenvalue weighted by atomic mass is 9.97. The summed E-state index contributed by atoms with van der Waals surface area (Å²) < 4.78 is 5.31. The molecule has 0 fully saturated rings. The Morgan fingerprint density at radius 2 is 1.52 bits per heavy atom. The molecule has 2 rings (SSSR count). The molecule has 2 unspecified atom stereocenters. The molecule has 0 aliphatic carbocycles. The predicted octanol–water partition coefficient (Wildman–Crippen LogP) is 6.27. The van der Waals surface area contributed by atoms with Gasteiger partial charge in [0, 0.05) is 16.0 Å². The van der Waals surface area contributed by atoms with Gasteiger partial charge < -0.3 is 4.74 Å². The number of carbonyl (C=O) groups excluding carboxylic acids is 1. The van der Waals surface area contributed by atoms with Gasteiger partial charge in [-0.15, -0.1) is 11.6 Å². The van der Waals surface area contributed by atoms with Crippen LogP contribution in [-0.4, -0.2) is 18.0 Å². The van der Waals surface area contributed by atoms with Crippen LogP contribution in [0.25, 0.3) is 0 Å². The highest BCUT2D eigenvalue weighted by Crippen LogP contribution is 2.25. The van der Waals surface area contributed by atoms with Gasteiger partial charge in [-0.25, -0.2) is 0 Å². The fourth-order valence-electron chi connectivity index (χ4n) is 2.47. The highest BCUT2D eigenvalue weighted by molar-refractivity contribution is 6.31. The molecule has 0 aromatic heterocycles. The molecule has 0 spiro atoms. The summed E-state index contributed by atoms with van der Waals surface area (Å²) in [5.41, 5.74) is 2.19. The summed E-state index contributed by atoms with van der Waals surface area (Å²) >= 11 is 18.0. The van der Waals surface area contributed by atoms with Gasteiger partial charge in [0.2, 0.25) is 0 Å². The van der Waals surface area contributed by atoms with Crippen molar-refractivity contribution in [3.05, 3.63) is 69.7 Å². The monoisotopic (exact) mass is 398 g/mol. The number of esters is 1. The van der Waals surface area contributed by atoms with Crippen molar-refractivity contribution in [1.29, 1.82) is 0 Å². The van der Waals surface area contributed by atoms with Crippen LogP contribution in [0, 0.1) is 0 Å². The lowest BCUT2D eigenvalue weighted by Crippen LogP contribution is -2.24. The predicted molar refractivity (Wildman–Crippen MR) is 105 cm³/mol. The summed E-state index contributed by atoms with van der Waals surface area (Å²) in [7, 11) is 0. The second kappa shape index (κ2) is 10.1. The van der Waals surface area contributed by atoms with E-state index in [0.717, 1.165) is 29.8 Å². The second-order valence-corrected chi connectivity index (χ2v) is 7.34. The highest BCUT2D eigenvalue weighted by atomic mass is 35.5. The van der Waals surface area contributed by atoms with Crippen molar-refractivity contribution in [3.63, 3.8) is 0 Å². The van der Waals surface area contributed by atoms with Crippen molar-refractivity contribution < 1.29 is 9.53 Å². The molecule has 0 aliphatic heterocycles. The second-order valence-electron chi connectivity index (χ2n) is 5.99. The lowest BCUT2D eigenvalue weighted by Gasteiger charge is -2.17.